The highest BCUT2D eigenvalue weighted by atomic mass is 32.1. The van der Waals surface area contributed by atoms with Crippen LogP contribution in [0.1, 0.15) is 54.3 Å². The third kappa shape index (κ3) is 4.54. The molecule has 1 saturated carbocycles. The number of thiazole rings is 1. The van der Waals surface area contributed by atoms with Crippen molar-refractivity contribution in [3.8, 4) is 11.3 Å². The maximum absolute atomic E-state index is 13.6. The van der Waals surface area contributed by atoms with Crippen molar-refractivity contribution in [2.45, 2.75) is 45.4 Å². The predicted octanol–water partition coefficient (Wildman–Crippen LogP) is 6.32. The van der Waals surface area contributed by atoms with Crippen molar-refractivity contribution in [2.75, 3.05) is 4.90 Å². The first-order chi connectivity index (χ1) is 15.1. The number of aromatic nitrogens is 1. The highest BCUT2D eigenvalue weighted by molar-refractivity contribution is 7.16. The highest BCUT2D eigenvalue weighted by Crippen LogP contribution is 2.39. The van der Waals surface area contributed by atoms with Crippen molar-refractivity contribution in [3.63, 3.8) is 0 Å². The number of anilines is 2. The van der Waals surface area contributed by atoms with Crippen molar-refractivity contribution < 1.29 is 14.7 Å². The predicted molar refractivity (Wildman–Crippen MR) is 124 cm³/mol. The number of rotatable bonds is 6. The largest absolute Gasteiger partial charge is 0.478 e. The fourth-order valence-electron chi connectivity index (χ4n) is 4.11. The summed E-state index contributed by atoms with van der Waals surface area (Å²) in [5.41, 5.74) is 2.81. The summed E-state index contributed by atoms with van der Waals surface area (Å²) in [7, 11) is 0. The summed E-state index contributed by atoms with van der Waals surface area (Å²) >= 11 is 1.54. The Morgan fingerprint density at radius 3 is 2.32 bits per heavy atom. The summed E-state index contributed by atoms with van der Waals surface area (Å²) in [4.78, 5) is 32.7. The summed E-state index contributed by atoms with van der Waals surface area (Å²) in [6.07, 6.45) is 5.91. The van der Waals surface area contributed by atoms with Gasteiger partial charge in [0.1, 0.15) is 0 Å². The number of carbonyl (C=O) groups excluding carboxylic acids is 1. The van der Waals surface area contributed by atoms with E-state index in [9.17, 15) is 14.7 Å². The molecule has 0 unspecified atom stereocenters. The fraction of sp³-hybridized carbons (Fsp3) is 0.320. The monoisotopic (exact) mass is 434 g/mol. The second-order valence-electron chi connectivity index (χ2n) is 7.85. The number of carboxylic acids is 1. The molecule has 5 nitrogen and oxygen atoms in total. The van der Waals surface area contributed by atoms with Crippen LogP contribution in [0.15, 0.2) is 54.6 Å². The number of carbonyl (C=O) groups is 2. The Morgan fingerprint density at radius 2 is 1.71 bits per heavy atom. The smallest absolute Gasteiger partial charge is 0.335 e. The number of benzene rings is 2. The van der Waals surface area contributed by atoms with E-state index in [0.717, 1.165) is 48.2 Å². The number of amides is 1. The SMILES string of the molecule is CCc1sc(N(C(=O)C2CCCCC2)c2ccc(C(=O)O)cc2)nc1-c1ccccc1. The van der Waals surface area contributed by atoms with Gasteiger partial charge in [-0.1, -0.05) is 56.5 Å². The van der Waals surface area contributed by atoms with Crippen LogP contribution in [0.3, 0.4) is 0 Å². The van der Waals surface area contributed by atoms with Crippen LogP contribution in [0, 0.1) is 5.92 Å². The highest BCUT2D eigenvalue weighted by Gasteiger charge is 2.30. The van der Waals surface area contributed by atoms with Crippen molar-refractivity contribution >= 4 is 34.0 Å². The second kappa shape index (κ2) is 9.43. The minimum atomic E-state index is -0.981. The van der Waals surface area contributed by atoms with E-state index in [0.29, 0.717) is 10.8 Å². The molecule has 0 atom stereocenters. The number of aromatic carboxylic acids is 1. The molecule has 160 valence electrons. The van der Waals surface area contributed by atoms with Gasteiger partial charge >= 0.3 is 5.97 Å². The number of aryl methyl sites for hydroxylation is 1. The van der Waals surface area contributed by atoms with Crippen LogP contribution >= 0.6 is 11.3 Å². The lowest BCUT2D eigenvalue weighted by Crippen LogP contribution is -2.33. The molecule has 1 aliphatic rings. The van der Waals surface area contributed by atoms with Crippen molar-refractivity contribution in [2.24, 2.45) is 5.92 Å². The lowest BCUT2D eigenvalue weighted by molar-refractivity contribution is -0.122. The third-order valence-electron chi connectivity index (χ3n) is 5.79. The standard InChI is InChI=1S/C25H26N2O3S/c1-2-21-22(17-9-5-3-6-10-17)26-25(31-21)27(23(28)18-11-7-4-8-12-18)20-15-13-19(14-16-20)24(29)30/h3,5-6,9-10,13-16,18H,2,4,7-8,11-12H2,1H3,(H,29,30). The molecular weight excluding hydrogens is 408 g/mol. The molecule has 1 fully saturated rings. The minimum Gasteiger partial charge on any atom is -0.478 e. The number of carboxylic acid groups (broad SMARTS) is 1. The second-order valence-corrected chi connectivity index (χ2v) is 8.91. The molecule has 1 heterocycles. The molecule has 1 N–H and O–H groups in total. The summed E-state index contributed by atoms with van der Waals surface area (Å²) in [6, 6.07) is 16.5. The van der Waals surface area contributed by atoms with Gasteiger partial charge in [0.05, 0.1) is 16.9 Å². The van der Waals surface area contributed by atoms with E-state index < -0.39 is 5.97 Å². The van der Waals surface area contributed by atoms with E-state index in [2.05, 4.69) is 6.92 Å². The first kappa shape index (κ1) is 21.2. The summed E-state index contributed by atoms with van der Waals surface area (Å²) < 4.78 is 0. The fourth-order valence-corrected chi connectivity index (χ4v) is 5.16. The van der Waals surface area contributed by atoms with Crippen molar-refractivity contribution in [1.82, 2.24) is 4.98 Å². The Hall–Kier alpha value is -2.99. The van der Waals surface area contributed by atoms with Gasteiger partial charge in [0.15, 0.2) is 5.13 Å². The normalized spacial score (nSPS) is 14.4. The summed E-state index contributed by atoms with van der Waals surface area (Å²) in [5.74, 6) is -0.952. The van der Waals surface area contributed by atoms with E-state index in [1.807, 2.05) is 30.3 Å². The van der Waals surface area contributed by atoms with Gasteiger partial charge in [-0.3, -0.25) is 9.69 Å². The maximum atomic E-state index is 13.6. The summed E-state index contributed by atoms with van der Waals surface area (Å²) in [5, 5.41) is 9.90. The minimum absolute atomic E-state index is 0.0259. The Labute approximate surface area is 186 Å². The molecule has 0 aliphatic heterocycles. The Balaban J connectivity index is 1.78. The molecule has 1 amide bonds. The number of hydrogen-bond donors (Lipinski definition) is 1. The van der Waals surface area contributed by atoms with Gasteiger partial charge in [-0.25, -0.2) is 9.78 Å². The molecular formula is C25H26N2O3S. The van der Waals surface area contributed by atoms with Gasteiger partial charge in [0.2, 0.25) is 5.91 Å². The van der Waals surface area contributed by atoms with Crippen LogP contribution < -0.4 is 4.90 Å². The molecule has 2 aromatic carbocycles. The lowest BCUT2D eigenvalue weighted by Gasteiger charge is -2.27. The Bertz CT molecular complexity index is 1050. The molecule has 3 aromatic rings. The van der Waals surface area contributed by atoms with E-state index in [1.54, 1.807) is 29.2 Å². The quantitative estimate of drug-likeness (QED) is 0.493. The van der Waals surface area contributed by atoms with Crippen LogP contribution in [-0.4, -0.2) is 22.0 Å². The van der Waals surface area contributed by atoms with E-state index in [1.165, 1.54) is 17.8 Å². The lowest BCUT2D eigenvalue weighted by atomic mass is 9.88. The Morgan fingerprint density at radius 1 is 1.03 bits per heavy atom. The zero-order chi connectivity index (χ0) is 21.8. The van der Waals surface area contributed by atoms with Crippen LogP contribution in [0.5, 0.6) is 0 Å². The van der Waals surface area contributed by atoms with E-state index >= 15 is 0 Å². The molecule has 31 heavy (non-hydrogen) atoms. The van der Waals surface area contributed by atoms with E-state index in [4.69, 9.17) is 4.98 Å². The summed E-state index contributed by atoms with van der Waals surface area (Å²) in [6.45, 7) is 2.10. The molecule has 0 bridgehead atoms. The van der Waals surface area contributed by atoms with Crippen LogP contribution in [0.2, 0.25) is 0 Å². The zero-order valence-corrected chi connectivity index (χ0v) is 18.4. The van der Waals surface area contributed by atoms with Crippen molar-refractivity contribution in [3.05, 3.63) is 65.0 Å². The molecule has 1 aliphatic carbocycles. The third-order valence-corrected chi connectivity index (χ3v) is 6.98. The van der Waals surface area contributed by atoms with Gasteiger partial charge in [-0.05, 0) is 43.5 Å². The van der Waals surface area contributed by atoms with Crippen LogP contribution in [-0.2, 0) is 11.2 Å². The average Bonchev–Trinajstić information content (AvgIpc) is 3.24. The van der Waals surface area contributed by atoms with E-state index in [-0.39, 0.29) is 17.4 Å². The molecule has 0 radical (unpaired) electrons. The molecule has 6 heteroatoms. The molecule has 0 spiro atoms. The van der Waals surface area contributed by atoms with Gasteiger partial charge < -0.3 is 5.11 Å². The zero-order valence-electron chi connectivity index (χ0n) is 17.6. The Kier molecular flexibility index (Phi) is 6.47. The first-order valence-corrected chi connectivity index (χ1v) is 11.6. The maximum Gasteiger partial charge on any atom is 0.335 e. The first-order valence-electron chi connectivity index (χ1n) is 10.8. The molecule has 4 rings (SSSR count). The molecule has 1 aromatic heterocycles. The number of hydrogen-bond acceptors (Lipinski definition) is 4. The van der Waals surface area contributed by atoms with Crippen LogP contribution in [0.25, 0.3) is 11.3 Å². The average molecular weight is 435 g/mol. The topological polar surface area (TPSA) is 70.5 Å². The van der Waals surface area contributed by atoms with Gasteiger partial charge in [0, 0.05) is 16.4 Å². The van der Waals surface area contributed by atoms with Gasteiger partial charge in [0.25, 0.3) is 0 Å². The van der Waals surface area contributed by atoms with Gasteiger partial charge in [-0.2, -0.15) is 0 Å². The molecule has 0 saturated heterocycles. The van der Waals surface area contributed by atoms with Crippen molar-refractivity contribution in [1.29, 1.82) is 0 Å². The number of nitrogens with zero attached hydrogens (tertiary/aromatic N) is 2. The van der Waals surface area contributed by atoms with Crippen LogP contribution in [0.4, 0.5) is 10.8 Å². The van der Waals surface area contributed by atoms with Gasteiger partial charge in [-0.15, -0.1) is 11.3 Å².